The highest BCUT2D eigenvalue weighted by atomic mass is 35.5. The van der Waals surface area contributed by atoms with Gasteiger partial charge in [0.25, 0.3) is 0 Å². The number of hydrogen-bond acceptors (Lipinski definition) is 6. The summed E-state index contributed by atoms with van der Waals surface area (Å²) in [5.41, 5.74) is 2.64. The second-order valence-electron chi connectivity index (χ2n) is 21.7. The van der Waals surface area contributed by atoms with E-state index in [-0.39, 0.29) is 52.9 Å². The first-order valence-corrected chi connectivity index (χ1v) is 23.2. The molecule has 0 heterocycles. The predicted molar refractivity (Wildman–Crippen MR) is 243 cm³/mol. The molecule has 59 heavy (non-hydrogen) atoms. The van der Waals surface area contributed by atoms with Crippen LogP contribution in [0.25, 0.3) is 0 Å². The van der Waals surface area contributed by atoms with Crippen LogP contribution in [0.1, 0.15) is 160 Å². The molecule has 0 aromatic heterocycles. The summed E-state index contributed by atoms with van der Waals surface area (Å²) in [6, 6.07) is 8.22. The van der Waals surface area contributed by atoms with E-state index in [1.165, 1.54) is 0 Å². The molecule has 0 radical (unpaired) electrons. The number of Topliss-reactive ketones (excluding diaryl/α,β-unsaturated/α-hetero) is 1. The summed E-state index contributed by atoms with van der Waals surface area (Å²) in [7, 11) is 4.27. The maximum Gasteiger partial charge on any atom is 0.309 e. The van der Waals surface area contributed by atoms with Gasteiger partial charge in [0.15, 0.2) is 5.78 Å². The molecule has 4 saturated carbocycles. The number of rotatable bonds is 13. The van der Waals surface area contributed by atoms with Crippen molar-refractivity contribution in [2.45, 2.75) is 167 Å². The van der Waals surface area contributed by atoms with Crippen LogP contribution in [0.5, 0.6) is 0 Å². The SMILES string of the molecule is C.CC.CC(C)C1=C2C(CCN(CCN(C)C)Cc3ccccc3Cl)(CCC3C2(C)CCC2C3(C)CCC3C(C)(C)C(OC(=O)CC(C)(C)C(=O)O)CCC32C)CC1=O. The molecule has 6 rings (SSSR count). The number of esters is 1. The zero-order valence-electron chi connectivity index (χ0n) is 38.7. The first-order valence-electron chi connectivity index (χ1n) is 22.8. The third kappa shape index (κ3) is 9.01. The lowest BCUT2D eigenvalue weighted by Crippen LogP contribution is -2.64. The molecule has 334 valence electrons. The smallest absolute Gasteiger partial charge is 0.309 e. The molecule has 8 atom stereocenters. The fourth-order valence-corrected chi connectivity index (χ4v) is 14.2. The molecule has 4 fully saturated rings. The summed E-state index contributed by atoms with van der Waals surface area (Å²) in [5.74, 6) is 0.702. The van der Waals surface area contributed by atoms with Crippen LogP contribution < -0.4 is 0 Å². The number of nitrogens with zero attached hydrogens (tertiary/aromatic N) is 2. The van der Waals surface area contributed by atoms with Crippen LogP contribution in [0.4, 0.5) is 0 Å². The molecule has 5 aliphatic rings. The highest BCUT2D eigenvalue weighted by Gasteiger charge is 2.69. The van der Waals surface area contributed by atoms with Gasteiger partial charge in [-0.15, -0.1) is 0 Å². The number of halogens is 1. The van der Waals surface area contributed by atoms with Crippen molar-refractivity contribution in [1.82, 2.24) is 9.80 Å². The first-order chi connectivity index (χ1) is 27.0. The fourth-order valence-electron chi connectivity index (χ4n) is 14.0. The number of allylic oxidation sites excluding steroid dienone is 2. The Morgan fingerprint density at radius 1 is 0.881 bits per heavy atom. The van der Waals surface area contributed by atoms with E-state index < -0.39 is 17.4 Å². The van der Waals surface area contributed by atoms with Gasteiger partial charge in [-0.2, -0.15) is 0 Å². The maximum absolute atomic E-state index is 14.3. The van der Waals surface area contributed by atoms with E-state index in [0.717, 1.165) is 100 Å². The molecular weight excluding hydrogens is 756 g/mol. The minimum Gasteiger partial charge on any atom is -0.481 e. The Kier molecular flexibility index (Phi) is 15.3. The van der Waals surface area contributed by atoms with Crippen molar-refractivity contribution < 1.29 is 24.2 Å². The summed E-state index contributed by atoms with van der Waals surface area (Å²) in [5, 5.41) is 10.5. The molecule has 8 heteroatoms. The van der Waals surface area contributed by atoms with Gasteiger partial charge in [-0.3, -0.25) is 19.3 Å². The van der Waals surface area contributed by atoms with Crippen molar-refractivity contribution in [3.8, 4) is 0 Å². The van der Waals surface area contributed by atoms with E-state index in [0.29, 0.717) is 30.0 Å². The number of ketones is 1. The van der Waals surface area contributed by atoms with E-state index in [4.69, 9.17) is 16.3 Å². The molecule has 8 unspecified atom stereocenters. The second-order valence-corrected chi connectivity index (χ2v) is 22.1. The molecule has 5 aliphatic carbocycles. The molecule has 0 spiro atoms. The molecule has 0 amide bonds. The van der Waals surface area contributed by atoms with Crippen LogP contribution in [0.15, 0.2) is 35.4 Å². The van der Waals surface area contributed by atoms with E-state index in [9.17, 15) is 19.5 Å². The van der Waals surface area contributed by atoms with Crippen molar-refractivity contribution in [3.05, 3.63) is 46.0 Å². The van der Waals surface area contributed by atoms with Crippen molar-refractivity contribution in [1.29, 1.82) is 0 Å². The summed E-state index contributed by atoms with van der Waals surface area (Å²) in [6.07, 6.45) is 9.92. The average Bonchev–Trinajstić information content (AvgIpc) is 3.45. The lowest BCUT2D eigenvalue weighted by atomic mass is 9.34. The highest BCUT2D eigenvalue weighted by molar-refractivity contribution is 6.31. The molecule has 0 saturated heterocycles. The van der Waals surface area contributed by atoms with Crippen LogP contribution in [-0.2, 0) is 25.7 Å². The van der Waals surface area contributed by atoms with Crippen LogP contribution in [0.3, 0.4) is 0 Å². The number of carbonyl (C=O) groups is 3. The van der Waals surface area contributed by atoms with Crippen LogP contribution in [0, 0.1) is 56.2 Å². The molecule has 1 aromatic carbocycles. The van der Waals surface area contributed by atoms with Gasteiger partial charge in [0.2, 0.25) is 0 Å². The van der Waals surface area contributed by atoms with Crippen LogP contribution in [0.2, 0.25) is 5.02 Å². The average molecular weight is 840 g/mol. The topological polar surface area (TPSA) is 87.2 Å². The minimum absolute atomic E-state index is 0. The minimum atomic E-state index is -1.15. The number of fused-ring (bicyclic) bond motifs is 7. The molecule has 0 aliphatic heterocycles. The quantitative estimate of drug-likeness (QED) is 0.198. The Labute approximate surface area is 364 Å². The largest absolute Gasteiger partial charge is 0.481 e. The zero-order valence-corrected chi connectivity index (χ0v) is 39.4. The first kappa shape index (κ1) is 49.4. The maximum atomic E-state index is 14.3. The fraction of sp³-hybridized carbons (Fsp3) is 0.784. The van der Waals surface area contributed by atoms with Gasteiger partial charge in [-0.1, -0.05) is 105 Å². The number of carboxylic acid groups (broad SMARTS) is 1. The van der Waals surface area contributed by atoms with E-state index in [1.807, 2.05) is 26.0 Å². The van der Waals surface area contributed by atoms with Gasteiger partial charge in [-0.05, 0) is 149 Å². The number of likely N-dealkylation sites (N-methyl/N-ethyl adjacent to an activating group) is 1. The standard InChI is InChI=1S/C48H73ClN2O5.C2H6.CH4/c1-31(2)40-34(52)28-48(24-25-51(27-26-50(10)11)30-32-14-12-13-15-33(32)49)23-18-37-46(8)20-16-35-44(5,6)38(56-39(53)29-43(3,4)42(54)55)19-22-45(35,7)36(46)17-21-47(37,9)41(40)48;1-2;/h12-15,31,35-38H,16-30H2,1-11H3,(H,54,55);1-2H3;1H4. The number of ether oxygens (including phenoxy) is 1. The highest BCUT2D eigenvalue weighted by Crippen LogP contribution is 2.76. The molecular formula is C51H83ClN2O5. The number of benzene rings is 1. The van der Waals surface area contributed by atoms with Crippen molar-refractivity contribution >= 4 is 29.3 Å². The van der Waals surface area contributed by atoms with Crippen LogP contribution >= 0.6 is 11.6 Å². The number of carboxylic acids is 1. The Morgan fingerprint density at radius 2 is 1.47 bits per heavy atom. The van der Waals surface area contributed by atoms with E-state index in [1.54, 1.807) is 19.4 Å². The summed E-state index contributed by atoms with van der Waals surface area (Å²) < 4.78 is 6.21. The predicted octanol–water partition coefficient (Wildman–Crippen LogP) is 12.1. The van der Waals surface area contributed by atoms with E-state index in [2.05, 4.69) is 84.5 Å². The second kappa shape index (κ2) is 18.2. The van der Waals surface area contributed by atoms with Gasteiger partial charge in [0.1, 0.15) is 6.10 Å². The Bertz CT molecular complexity index is 1720. The van der Waals surface area contributed by atoms with E-state index >= 15 is 0 Å². The Balaban J connectivity index is 0.00000252. The monoisotopic (exact) mass is 839 g/mol. The Hall–Kier alpha value is -2.22. The molecule has 1 aromatic rings. The van der Waals surface area contributed by atoms with Crippen molar-refractivity contribution in [2.24, 2.45) is 56.2 Å². The zero-order chi connectivity index (χ0) is 43.2. The molecule has 1 N–H and O–H groups in total. The van der Waals surface area contributed by atoms with Gasteiger partial charge in [0.05, 0.1) is 11.8 Å². The lowest BCUT2D eigenvalue weighted by molar-refractivity contribution is -0.222. The van der Waals surface area contributed by atoms with Crippen molar-refractivity contribution in [3.63, 3.8) is 0 Å². The summed E-state index contributed by atoms with van der Waals surface area (Å²) >= 11 is 6.70. The lowest BCUT2D eigenvalue weighted by Gasteiger charge is -2.71. The summed E-state index contributed by atoms with van der Waals surface area (Å²) in [4.78, 5) is 44.1. The van der Waals surface area contributed by atoms with Crippen LogP contribution in [-0.4, -0.2) is 72.5 Å². The summed E-state index contributed by atoms with van der Waals surface area (Å²) in [6.45, 7) is 27.7. The Morgan fingerprint density at radius 3 is 2.08 bits per heavy atom. The number of carbonyl (C=O) groups excluding carboxylic acids is 2. The van der Waals surface area contributed by atoms with Gasteiger partial charge in [-0.25, -0.2) is 0 Å². The van der Waals surface area contributed by atoms with Gasteiger partial charge in [0, 0.05) is 41.9 Å². The number of aliphatic carboxylic acids is 1. The van der Waals surface area contributed by atoms with Gasteiger partial charge < -0.3 is 14.7 Å². The third-order valence-electron chi connectivity index (χ3n) is 16.8. The van der Waals surface area contributed by atoms with Crippen molar-refractivity contribution in [2.75, 3.05) is 33.7 Å². The normalized spacial score (nSPS) is 33.6. The molecule has 0 bridgehead atoms. The third-order valence-corrected chi connectivity index (χ3v) is 17.1. The molecule has 7 nitrogen and oxygen atoms in total. The van der Waals surface area contributed by atoms with Gasteiger partial charge >= 0.3 is 11.9 Å². The number of hydrogen-bond donors (Lipinski definition) is 1.